The molecule has 0 N–H and O–H groups in total. The van der Waals surface area contributed by atoms with Crippen LogP contribution in [0, 0.1) is 11.6 Å². The van der Waals surface area contributed by atoms with Gasteiger partial charge in [0, 0.05) is 10.3 Å². The molecular weight excluding hydrogens is 346 g/mol. The highest BCUT2D eigenvalue weighted by atomic mass is 32.1. The summed E-state index contributed by atoms with van der Waals surface area (Å²) in [6.45, 7) is -0.218. The first-order valence-electron chi connectivity index (χ1n) is 7.39. The van der Waals surface area contributed by atoms with Crippen LogP contribution in [0.15, 0.2) is 53.6 Å². The number of nitrogens with zero attached hydrogens (tertiary/aromatic N) is 2. The quantitative estimate of drug-likeness (QED) is 0.525. The maximum absolute atomic E-state index is 14.0. The van der Waals surface area contributed by atoms with Gasteiger partial charge in [-0.3, -0.25) is 14.2 Å². The van der Waals surface area contributed by atoms with Crippen molar-refractivity contribution in [3.63, 3.8) is 0 Å². The van der Waals surface area contributed by atoms with Gasteiger partial charge in [-0.15, -0.1) is 11.3 Å². The summed E-state index contributed by atoms with van der Waals surface area (Å²) in [6, 6.07) is 9.72. The Kier molecular flexibility index (Phi) is 3.65. The van der Waals surface area contributed by atoms with E-state index in [2.05, 4.69) is 4.98 Å². The molecule has 0 bridgehead atoms. The minimum absolute atomic E-state index is 0.218. The molecule has 25 heavy (non-hydrogen) atoms. The van der Waals surface area contributed by atoms with Crippen LogP contribution in [0.4, 0.5) is 8.78 Å². The Morgan fingerprint density at radius 3 is 2.64 bits per heavy atom. The minimum atomic E-state index is -0.441. The predicted octanol–water partition coefficient (Wildman–Crippen LogP) is 3.77. The smallest absolute Gasteiger partial charge is 0.271 e. The number of halogens is 2. The fraction of sp³-hybridized carbons (Fsp3) is 0.0556. The summed E-state index contributed by atoms with van der Waals surface area (Å²) in [5, 5.41) is 0.316. The van der Waals surface area contributed by atoms with Crippen LogP contribution in [0.2, 0.25) is 0 Å². The lowest BCUT2D eigenvalue weighted by Gasteiger charge is -2.05. The Hall–Kier alpha value is -2.93. The standard InChI is InChI=1S/C18H10F2N2O2S/c19-11-6-4-10(5-7-11)13(23)8-22-9-21-16-15-12(20)2-1-3-14(15)25-17(16)18(22)24/h1-7,9H,8H2. The zero-order valence-electron chi connectivity index (χ0n) is 12.7. The third kappa shape index (κ3) is 2.62. The second-order valence-corrected chi connectivity index (χ2v) is 6.55. The first-order valence-corrected chi connectivity index (χ1v) is 8.21. The Bertz CT molecular complexity index is 1180. The molecule has 0 amide bonds. The van der Waals surface area contributed by atoms with Crippen LogP contribution < -0.4 is 5.56 Å². The van der Waals surface area contributed by atoms with Crippen molar-refractivity contribution in [3.8, 4) is 0 Å². The van der Waals surface area contributed by atoms with Gasteiger partial charge in [0.25, 0.3) is 5.56 Å². The minimum Gasteiger partial charge on any atom is -0.292 e. The summed E-state index contributed by atoms with van der Waals surface area (Å²) < 4.78 is 29.1. The molecule has 4 aromatic rings. The first-order chi connectivity index (χ1) is 12.0. The van der Waals surface area contributed by atoms with Crippen LogP contribution in [0.5, 0.6) is 0 Å². The van der Waals surface area contributed by atoms with Crippen molar-refractivity contribution in [2.24, 2.45) is 0 Å². The van der Waals surface area contributed by atoms with E-state index in [-0.39, 0.29) is 12.3 Å². The van der Waals surface area contributed by atoms with Crippen molar-refractivity contribution >= 4 is 37.4 Å². The molecule has 124 valence electrons. The SMILES string of the molecule is O=C(Cn1cnc2c(sc3cccc(F)c32)c1=O)c1ccc(F)cc1. The van der Waals surface area contributed by atoms with Crippen LogP contribution in [0.25, 0.3) is 20.3 Å². The van der Waals surface area contributed by atoms with Gasteiger partial charge in [-0.1, -0.05) is 6.07 Å². The largest absolute Gasteiger partial charge is 0.292 e. The predicted molar refractivity (Wildman–Crippen MR) is 92.1 cm³/mol. The van der Waals surface area contributed by atoms with E-state index in [1.807, 2.05) is 0 Å². The van der Waals surface area contributed by atoms with E-state index in [0.29, 0.717) is 25.9 Å². The molecule has 4 rings (SSSR count). The summed E-state index contributed by atoms with van der Waals surface area (Å²) in [6.07, 6.45) is 1.24. The Labute approximate surface area is 144 Å². The molecule has 0 unspecified atom stereocenters. The van der Waals surface area contributed by atoms with E-state index in [1.165, 1.54) is 41.2 Å². The molecule has 0 radical (unpaired) electrons. The van der Waals surface area contributed by atoms with Crippen molar-refractivity contribution in [1.82, 2.24) is 9.55 Å². The Balaban J connectivity index is 1.78. The van der Waals surface area contributed by atoms with Gasteiger partial charge >= 0.3 is 0 Å². The molecule has 0 saturated carbocycles. The van der Waals surface area contributed by atoms with Crippen LogP contribution in [0.3, 0.4) is 0 Å². The van der Waals surface area contributed by atoms with Crippen molar-refractivity contribution in [2.75, 3.05) is 0 Å². The van der Waals surface area contributed by atoms with Crippen molar-refractivity contribution < 1.29 is 13.6 Å². The van der Waals surface area contributed by atoms with Gasteiger partial charge in [0.1, 0.15) is 16.3 Å². The monoisotopic (exact) mass is 356 g/mol. The highest BCUT2D eigenvalue weighted by Crippen LogP contribution is 2.31. The average molecular weight is 356 g/mol. The van der Waals surface area contributed by atoms with Gasteiger partial charge in [-0.2, -0.15) is 0 Å². The molecule has 2 aromatic heterocycles. The molecule has 4 nitrogen and oxygen atoms in total. The van der Waals surface area contributed by atoms with Crippen LogP contribution in [-0.2, 0) is 6.54 Å². The number of carbonyl (C=O) groups is 1. The normalized spacial score (nSPS) is 11.3. The topological polar surface area (TPSA) is 52.0 Å². The van der Waals surface area contributed by atoms with Gasteiger partial charge < -0.3 is 0 Å². The summed E-state index contributed by atoms with van der Waals surface area (Å²) in [5.41, 5.74) is 0.199. The number of benzene rings is 2. The van der Waals surface area contributed by atoms with E-state index in [9.17, 15) is 18.4 Å². The number of aromatic nitrogens is 2. The number of hydrogen-bond donors (Lipinski definition) is 0. The van der Waals surface area contributed by atoms with E-state index in [4.69, 9.17) is 0 Å². The van der Waals surface area contributed by atoms with Crippen LogP contribution >= 0.6 is 11.3 Å². The fourth-order valence-corrected chi connectivity index (χ4v) is 3.78. The summed E-state index contributed by atoms with van der Waals surface area (Å²) >= 11 is 1.14. The summed E-state index contributed by atoms with van der Waals surface area (Å²) in [7, 11) is 0. The summed E-state index contributed by atoms with van der Waals surface area (Å²) in [4.78, 5) is 29.1. The molecule has 0 fully saturated rings. The van der Waals surface area contributed by atoms with E-state index >= 15 is 0 Å². The van der Waals surface area contributed by atoms with Gasteiger partial charge in [0.15, 0.2) is 5.78 Å². The molecular formula is C18H10F2N2O2S. The van der Waals surface area contributed by atoms with E-state index in [1.54, 1.807) is 12.1 Å². The molecule has 0 saturated heterocycles. The number of ketones is 1. The lowest BCUT2D eigenvalue weighted by molar-refractivity contribution is 0.0970. The number of thiophene rings is 1. The highest BCUT2D eigenvalue weighted by molar-refractivity contribution is 7.25. The summed E-state index contributed by atoms with van der Waals surface area (Å²) in [5.74, 6) is -1.21. The van der Waals surface area contributed by atoms with Crippen molar-refractivity contribution in [2.45, 2.75) is 6.54 Å². The van der Waals surface area contributed by atoms with Crippen LogP contribution in [0.1, 0.15) is 10.4 Å². The first kappa shape index (κ1) is 15.6. The zero-order valence-corrected chi connectivity index (χ0v) is 13.5. The second kappa shape index (κ2) is 5.86. The van der Waals surface area contributed by atoms with E-state index in [0.717, 1.165) is 11.3 Å². The highest BCUT2D eigenvalue weighted by Gasteiger charge is 2.16. The molecule has 0 aliphatic carbocycles. The zero-order chi connectivity index (χ0) is 17.6. The van der Waals surface area contributed by atoms with E-state index < -0.39 is 17.2 Å². The van der Waals surface area contributed by atoms with Crippen LogP contribution in [-0.4, -0.2) is 15.3 Å². The lowest BCUT2D eigenvalue weighted by Crippen LogP contribution is -2.24. The van der Waals surface area contributed by atoms with Crippen molar-refractivity contribution in [3.05, 3.63) is 76.3 Å². The third-order valence-electron chi connectivity index (χ3n) is 3.90. The second-order valence-electron chi connectivity index (χ2n) is 5.50. The molecule has 7 heteroatoms. The third-order valence-corrected chi connectivity index (χ3v) is 5.03. The molecule has 2 heterocycles. The molecule has 0 atom stereocenters. The average Bonchev–Trinajstić information content (AvgIpc) is 2.99. The Morgan fingerprint density at radius 1 is 1.12 bits per heavy atom. The number of Topliss-reactive ketones (excluding diaryl/α,β-unsaturated/α-hetero) is 1. The molecule has 0 aliphatic rings. The van der Waals surface area contributed by atoms with Gasteiger partial charge in [-0.05, 0) is 36.4 Å². The molecule has 0 spiro atoms. The van der Waals surface area contributed by atoms with Crippen molar-refractivity contribution in [1.29, 1.82) is 0 Å². The van der Waals surface area contributed by atoms with Gasteiger partial charge in [0.2, 0.25) is 0 Å². The number of rotatable bonds is 3. The molecule has 2 aromatic carbocycles. The molecule has 0 aliphatic heterocycles. The number of carbonyl (C=O) groups excluding carboxylic acids is 1. The van der Waals surface area contributed by atoms with Gasteiger partial charge in [0.05, 0.1) is 23.8 Å². The fourth-order valence-electron chi connectivity index (χ4n) is 2.66. The number of fused-ring (bicyclic) bond motifs is 3. The maximum Gasteiger partial charge on any atom is 0.271 e. The lowest BCUT2D eigenvalue weighted by atomic mass is 10.1. The van der Waals surface area contributed by atoms with Gasteiger partial charge in [-0.25, -0.2) is 13.8 Å². The Morgan fingerprint density at radius 2 is 1.88 bits per heavy atom. The number of hydrogen-bond acceptors (Lipinski definition) is 4. The maximum atomic E-state index is 14.0.